The number of benzene rings is 4. The molecule has 4 rings (SSSR count). The van der Waals surface area contributed by atoms with E-state index < -0.39 is 10.1 Å². The Morgan fingerprint density at radius 2 is 0.865 bits per heavy atom. The Balaban J connectivity index is 0.000000354. The van der Waals surface area contributed by atoms with Crippen molar-refractivity contribution in [2.75, 3.05) is 46.0 Å². The maximum Gasteiger partial charge on any atom is 0.264 e. The number of hydrogen-bond donors (Lipinski definition) is 2. The molecule has 0 saturated carbocycles. The normalized spacial score (nSPS) is 9.98. The average molecular weight is 743 g/mol. The Kier molecular flexibility index (Phi) is 23.4. The van der Waals surface area contributed by atoms with Gasteiger partial charge in [0.05, 0.1) is 39.4 Å². The van der Waals surface area contributed by atoms with Gasteiger partial charge in [-0.2, -0.15) is 8.42 Å². The second-order valence-electron chi connectivity index (χ2n) is 10.3. The fourth-order valence-corrected chi connectivity index (χ4v) is 3.86. The minimum atomic E-state index is -3.37. The summed E-state index contributed by atoms with van der Waals surface area (Å²) in [7, 11) is -3.37. The van der Waals surface area contributed by atoms with Crippen LogP contribution in [-0.2, 0) is 14.3 Å². The van der Waals surface area contributed by atoms with Gasteiger partial charge < -0.3 is 24.4 Å². The number of ether oxygens (including phenoxy) is 3. The van der Waals surface area contributed by atoms with Crippen LogP contribution in [0.2, 0.25) is 0 Å². The number of hydrogen-bond acceptors (Lipinski definition) is 12. The van der Waals surface area contributed by atoms with Gasteiger partial charge in [-0.05, 0) is 97.1 Å². The van der Waals surface area contributed by atoms with Crippen LogP contribution in [-0.4, -0.2) is 89.7 Å². The monoisotopic (exact) mass is 742 g/mol. The first-order chi connectivity index (χ1) is 25.1. The molecular formula is C38H43FO12S. The zero-order chi connectivity index (χ0) is 38.5. The number of aromatic hydroxyl groups is 1. The van der Waals surface area contributed by atoms with Gasteiger partial charge in [-0.25, -0.2) is 0 Å². The number of rotatable bonds is 18. The first-order valence-electron chi connectivity index (χ1n) is 15.9. The number of aliphatic hydroxyl groups excluding tert-OH is 1. The number of alkyl halides is 1. The van der Waals surface area contributed by atoms with Crippen LogP contribution in [0, 0.1) is 0 Å². The zero-order valence-electron chi connectivity index (χ0n) is 28.7. The number of aliphatic hydroxyl groups is 1. The van der Waals surface area contributed by atoms with Crippen molar-refractivity contribution in [1.82, 2.24) is 0 Å². The highest BCUT2D eigenvalue weighted by Crippen LogP contribution is 2.13. The van der Waals surface area contributed by atoms with Crippen molar-refractivity contribution < 1.29 is 60.6 Å². The Hall–Kier alpha value is -5.44. The smallest absolute Gasteiger partial charge is 0.264 e. The first-order valence-corrected chi connectivity index (χ1v) is 17.7. The first kappa shape index (κ1) is 44.6. The van der Waals surface area contributed by atoms with Gasteiger partial charge in [-0.3, -0.25) is 27.8 Å². The standard InChI is InChI=1S/C11H14O5S.C10H11FO2.C10H12O3.C7H6O2/c1-17(13,14)16-8-2-7-15-11-5-3-10(9-12)4-6-11;2*11-6-1-7-13-10-4-2-9(8-12)3-5-10;8-5-6-1-3-7(9)4-2-6/h3-6,9H,2,7-8H2,1H3;2-5,8H,1,6-7H2;2-5,8,11H,1,6-7H2;1-5,9H. The van der Waals surface area contributed by atoms with Gasteiger partial charge in [0, 0.05) is 48.1 Å². The summed E-state index contributed by atoms with van der Waals surface area (Å²) in [6, 6.07) is 26.3. The van der Waals surface area contributed by atoms with Crippen molar-refractivity contribution in [3.8, 4) is 23.0 Å². The summed E-state index contributed by atoms with van der Waals surface area (Å²) < 4.78 is 53.3. The van der Waals surface area contributed by atoms with Crippen molar-refractivity contribution >= 4 is 35.3 Å². The van der Waals surface area contributed by atoms with Gasteiger partial charge in [0.15, 0.2) is 0 Å². The van der Waals surface area contributed by atoms with E-state index in [1.54, 1.807) is 84.9 Å². The quantitative estimate of drug-likeness (QED) is 0.0697. The SMILES string of the molecule is CS(=O)(=O)OCCCOc1ccc(C=O)cc1.O=Cc1ccc(O)cc1.O=Cc1ccc(OCCCF)cc1.O=Cc1ccc(OCCCO)cc1. The second-order valence-corrected chi connectivity index (χ2v) is 12.0. The highest BCUT2D eigenvalue weighted by atomic mass is 32.2. The predicted octanol–water partition coefficient (Wildman–Crippen LogP) is 5.95. The van der Waals surface area contributed by atoms with Crippen molar-refractivity contribution in [3.63, 3.8) is 0 Å². The minimum absolute atomic E-state index is 0.102. The van der Waals surface area contributed by atoms with E-state index in [1.807, 2.05) is 0 Å². The Labute approximate surface area is 302 Å². The molecule has 0 saturated heterocycles. The highest BCUT2D eigenvalue weighted by molar-refractivity contribution is 7.85. The molecule has 4 aromatic rings. The van der Waals surface area contributed by atoms with E-state index in [0.717, 1.165) is 37.1 Å². The molecule has 12 nitrogen and oxygen atoms in total. The minimum Gasteiger partial charge on any atom is -0.508 e. The average Bonchev–Trinajstić information content (AvgIpc) is 3.16. The Morgan fingerprint density at radius 1 is 0.538 bits per heavy atom. The van der Waals surface area contributed by atoms with Crippen molar-refractivity contribution in [1.29, 1.82) is 0 Å². The third-order valence-electron chi connectivity index (χ3n) is 6.05. The molecule has 0 spiro atoms. The molecule has 280 valence electrons. The van der Waals surface area contributed by atoms with E-state index in [1.165, 1.54) is 12.1 Å². The highest BCUT2D eigenvalue weighted by Gasteiger charge is 2.01. The fraction of sp³-hybridized carbons (Fsp3) is 0.263. The van der Waals surface area contributed by atoms with E-state index in [-0.39, 0.29) is 25.6 Å². The lowest BCUT2D eigenvalue weighted by atomic mass is 10.2. The third-order valence-corrected chi connectivity index (χ3v) is 6.65. The van der Waals surface area contributed by atoms with Crippen LogP contribution in [0.25, 0.3) is 0 Å². The lowest BCUT2D eigenvalue weighted by molar-refractivity contribution is 0.111. The fourth-order valence-electron chi connectivity index (χ4n) is 3.44. The molecule has 0 unspecified atom stereocenters. The number of halogens is 1. The lowest BCUT2D eigenvalue weighted by Gasteiger charge is -2.05. The summed E-state index contributed by atoms with van der Waals surface area (Å²) >= 11 is 0. The van der Waals surface area contributed by atoms with Crippen LogP contribution in [0.15, 0.2) is 97.1 Å². The topological polar surface area (TPSA) is 180 Å². The molecule has 0 aliphatic heterocycles. The number of carbonyl (C=O) groups excluding carboxylic acids is 4. The molecule has 52 heavy (non-hydrogen) atoms. The van der Waals surface area contributed by atoms with Crippen LogP contribution in [0.1, 0.15) is 60.7 Å². The molecular weight excluding hydrogens is 699 g/mol. The molecule has 14 heteroatoms. The van der Waals surface area contributed by atoms with Gasteiger partial charge in [0.1, 0.15) is 48.1 Å². The van der Waals surface area contributed by atoms with Crippen LogP contribution < -0.4 is 14.2 Å². The summed E-state index contributed by atoms with van der Waals surface area (Å²) in [6.07, 6.45) is 5.55. The second kappa shape index (κ2) is 27.3. The molecule has 0 aliphatic carbocycles. The summed E-state index contributed by atoms with van der Waals surface area (Å²) in [5, 5.41) is 17.2. The maximum absolute atomic E-state index is 11.7. The van der Waals surface area contributed by atoms with Crippen molar-refractivity contribution in [2.45, 2.75) is 19.3 Å². The van der Waals surface area contributed by atoms with Crippen LogP contribution in [0.5, 0.6) is 23.0 Å². The number of carbonyl (C=O) groups is 4. The van der Waals surface area contributed by atoms with Crippen LogP contribution in [0.4, 0.5) is 4.39 Å². The zero-order valence-corrected chi connectivity index (χ0v) is 29.5. The molecule has 0 heterocycles. The molecule has 2 N–H and O–H groups in total. The summed E-state index contributed by atoms with van der Waals surface area (Å²) in [4.78, 5) is 41.0. The molecule has 0 amide bonds. The summed E-state index contributed by atoms with van der Waals surface area (Å²) in [5.41, 5.74) is 2.40. The molecule has 0 fully saturated rings. The van der Waals surface area contributed by atoms with Gasteiger partial charge in [0.2, 0.25) is 0 Å². The van der Waals surface area contributed by atoms with E-state index in [9.17, 15) is 32.0 Å². The maximum atomic E-state index is 11.7. The molecule has 4 aromatic carbocycles. The van der Waals surface area contributed by atoms with Crippen molar-refractivity contribution in [2.24, 2.45) is 0 Å². The van der Waals surface area contributed by atoms with E-state index in [2.05, 4.69) is 4.18 Å². The van der Waals surface area contributed by atoms with Crippen LogP contribution >= 0.6 is 0 Å². The number of phenolic OH excluding ortho intramolecular Hbond substituents is 1. The Bertz CT molecular complexity index is 1600. The Morgan fingerprint density at radius 3 is 1.17 bits per heavy atom. The predicted molar refractivity (Wildman–Crippen MR) is 193 cm³/mol. The van der Waals surface area contributed by atoms with Gasteiger partial charge in [-0.15, -0.1) is 0 Å². The number of aldehydes is 4. The molecule has 0 aliphatic rings. The van der Waals surface area contributed by atoms with Gasteiger partial charge in [-0.1, -0.05) is 0 Å². The molecule has 0 aromatic heterocycles. The largest absolute Gasteiger partial charge is 0.508 e. The van der Waals surface area contributed by atoms with E-state index >= 15 is 0 Å². The summed E-state index contributed by atoms with van der Waals surface area (Å²) in [5.74, 6) is 2.20. The molecule has 0 atom stereocenters. The summed E-state index contributed by atoms with van der Waals surface area (Å²) in [6.45, 7) is 1.09. The van der Waals surface area contributed by atoms with Crippen LogP contribution in [0.3, 0.4) is 0 Å². The van der Waals surface area contributed by atoms with E-state index in [4.69, 9.17) is 24.4 Å². The third kappa shape index (κ3) is 22.3. The van der Waals surface area contributed by atoms with Gasteiger partial charge in [0.25, 0.3) is 10.1 Å². The van der Waals surface area contributed by atoms with Crippen molar-refractivity contribution in [3.05, 3.63) is 119 Å². The lowest BCUT2D eigenvalue weighted by Crippen LogP contribution is -2.07. The van der Waals surface area contributed by atoms with E-state index in [0.29, 0.717) is 72.8 Å². The number of phenols is 1. The van der Waals surface area contributed by atoms with Gasteiger partial charge >= 0.3 is 0 Å². The molecule has 0 bridgehead atoms. The molecule has 0 radical (unpaired) electrons.